The number of carbonyl (C=O) groups is 1. The van der Waals surface area contributed by atoms with Crippen molar-refractivity contribution in [3.05, 3.63) is 58.4 Å². The second-order valence-electron chi connectivity index (χ2n) is 5.01. The van der Waals surface area contributed by atoms with E-state index in [9.17, 15) is 4.79 Å². The van der Waals surface area contributed by atoms with Crippen LogP contribution in [0.2, 0.25) is 5.02 Å². The lowest BCUT2D eigenvalue weighted by molar-refractivity contribution is 0.249. The molecule has 110 valence electrons. The van der Waals surface area contributed by atoms with Crippen LogP contribution in [0.5, 0.6) is 0 Å². The average Bonchev–Trinajstić information content (AvgIpc) is 2.37. The molecule has 2 N–H and O–H groups in total. The number of halogens is 1. The SMILES string of the molecule is Cc1cc(NC(=O)NC(C)c2ccc(Cl)cc2)cc(C)n1. The molecular weight excluding hydrogens is 286 g/mol. The molecule has 0 bridgehead atoms. The van der Waals surface area contributed by atoms with Gasteiger partial charge in [-0.2, -0.15) is 0 Å². The van der Waals surface area contributed by atoms with Crippen LogP contribution in [0.15, 0.2) is 36.4 Å². The summed E-state index contributed by atoms with van der Waals surface area (Å²) in [5.74, 6) is 0. The van der Waals surface area contributed by atoms with Gasteiger partial charge in [-0.25, -0.2) is 4.79 Å². The molecule has 0 saturated heterocycles. The fourth-order valence-corrected chi connectivity index (χ4v) is 2.23. The first-order valence-electron chi connectivity index (χ1n) is 6.72. The van der Waals surface area contributed by atoms with Crippen LogP contribution in [0.25, 0.3) is 0 Å². The number of pyridine rings is 1. The summed E-state index contributed by atoms with van der Waals surface area (Å²) in [7, 11) is 0. The minimum Gasteiger partial charge on any atom is -0.331 e. The van der Waals surface area contributed by atoms with Gasteiger partial charge in [0.1, 0.15) is 0 Å². The molecule has 1 aromatic carbocycles. The number of amides is 2. The lowest BCUT2D eigenvalue weighted by atomic mass is 10.1. The average molecular weight is 304 g/mol. The van der Waals surface area contributed by atoms with Gasteiger partial charge in [-0.1, -0.05) is 23.7 Å². The first kappa shape index (κ1) is 15.3. The van der Waals surface area contributed by atoms with Gasteiger partial charge in [-0.15, -0.1) is 0 Å². The summed E-state index contributed by atoms with van der Waals surface area (Å²) in [4.78, 5) is 16.3. The number of rotatable bonds is 3. The highest BCUT2D eigenvalue weighted by Gasteiger charge is 2.10. The van der Waals surface area contributed by atoms with Gasteiger partial charge in [0.05, 0.1) is 6.04 Å². The third kappa shape index (κ3) is 4.46. The number of hydrogen-bond donors (Lipinski definition) is 2. The Morgan fingerprint density at radius 1 is 1.14 bits per heavy atom. The highest BCUT2D eigenvalue weighted by Crippen LogP contribution is 2.16. The van der Waals surface area contributed by atoms with E-state index in [1.165, 1.54) is 0 Å². The van der Waals surface area contributed by atoms with E-state index in [0.717, 1.165) is 22.6 Å². The molecule has 0 radical (unpaired) electrons. The molecule has 0 saturated carbocycles. The third-order valence-corrected chi connectivity index (χ3v) is 3.31. The number of aromatic nitrogens is 1. The Labute approximate surface area is 129 Å². The number of nitrogens with one attached hydrogen (secondary N) is 2. The molecule has 0 spiro atoms. The summed E-state index contributed by atoms with van der Waals surface area (Å²) in [6.07, 6.45) is 0. The van der Waals surface area contributed by atoms with Crippen LogP contribution in [-0.2, 0) is 0 Å². The lowest BCUT2D eigenvalue weighted by Crippen LogP contribution is -2.31. The topological polar surface area (TPSA) is 54.0 Å². The zero-order chi connectivity index (χ0) is 15.4. The Hall–Kier alpha value is -2.07. The molecule has 2 aromatic rings. The Morgan fingerprint density at radius 3 is 2.29 bits per heavy atom. The molecule has 1 heterocycles. The van der Waals surface area contributed by atoms with Gasteiger partial charge in [0.25, 0.3) is 0 Å². The van der Waals surface area contributed by atoms with Crippen LogP contribution in [0.3, 0.4) is 0 Å². The second-order valence-corrected chi connectivity index (χ2v) is 5.45. The molecule has 0 aliphatic carbocycles. The van der Waals surface area contributed by atoms with E-state index in [4.69, 9.17) is 11.6 Å². The highest BCUT2D eigenvalue weighted by molar-refractivity contribution is 6.30. The number of hydrogen-bond acceptors (Lipinski definition) is 2. The van der Waals surface area contributed by atoms with Crippen molar-refractivity contribution in [2.75, 3.05) is 5.32 Å². The molecule has 0 aliphatic rings. The Kier molecular flexibility index (Phi) is 4.81. The Morgan fingerprint density at radius 2 is 1.71 bits per heavy atom. The van der Waals surface area contributed by atoms with Crippen LogP contribution < -0.4 is 10.6 Å². The predicted octanol–water partition coefficient (Wildman–Crippen LogP) is 4.23. The van der Waals surface area contributed by atoms with Crippen molar-refractivity contribution in [1.29, 1.82) is 0 Å². The predicted molar refractivity (Wildman–Crippen MR) is 85.7 cm³/mol. The van der Waals surface area contributed by atoms with Crippen molar-refractivity contribution in [2.24, 2.45) is 0 Å². The zero-order valence-electron chi connectivity index (χ0n) is 12.3. The summed E-state index contributed by atoms with van der Waals surface area (Å²) in [6.45, 7) is 5.71. The number of benzene rings is 1. The van der Waals surface area contributed by atoms with E-state index in [2.05, 4.69) is 15.6 Å². The molecule has 5 heteroatoms. The minimum absolute atomic E-state index is 0.105. The van der Waals surface area contributed by atoms with Crippen molar-refractivity contribution < 1.29 is 4.79 Å². The van der Waals surface area contributed by atoms with E-state index >= 15 is 0 Å². The molecule has 4 nitrogen and oxygen atoms in total. The molecule has 2 rings (SSSR count). The van der Waals surface area contributed by atoms with Gasteiger partial charge >= 0.3 is 6.03 Å². The number of urea groups is 1. The van der Waals surface area contributed by atoms with Gasteiger partial charge in [0.2, 0.25) is 0 Å². The Bertz CT molecular complexity index is 620. The molecule has 0 fully saturated rings. The van der Waals surface area contributed by atoms with Gasteiger partial charge in [0, 0.05) is 22.1 Å². The Balaban J connectivity index is 1.99. The summed E-state index contributed by atoms with van der Waals surface area (Å²) >= 11 is 5.85. The van der Waals surface area contributed by atoms with Crippen LogP contribution in [0.1, 0.15) is 29.9 Å². The third-order valence-electron chi connectivity index (χ3n) is 3.06. The van der Waals surface area contributed by atoms with E-state index < -0.39 is 0 Å². The van der Waals surface area contributed by atoms with E-state index in [0.29, 0.717) is 5.02 Å². The number of carbonyl (C=O) groups excluding carboxylic acids is 1. The van der Waals surface area contributed by atoms with Crippen molar-refractivity contribution in [3.8, 4) is 0 Å². The molecule has 1 aromatic heterocycles. The molecule has 1 unspecified atom stereocenters. The van der Waals surface area contributed by atoms with Gasteiger partial charge in [-0.05, 0) is 50.6 Å². The summed E-state index contributed by atoms with van der Waals surface area (Å²) in [5, 5.41) is 6.39. The standard InChI is InChI=1S/C16H18ClN3O/c1-10-8-15(9-11(2)18-10)20-16(21)19-12(3)13-4-6-14(17)7-5-13/h4-9,12H,1-3H3,(H2,18,19,20,21). The zero-order valence-corrected chi connectivity index (χ0v) is 13.0. The second kappa shape index (κ2) is 6.59. The van der Waals surface area contributed by atoms with Gasteiger partial charge in [0.15, 0.2) is 0 Å². The van der Waals surface area contributed by atoms with Gasteiger partial charge in [-0.3, -0.25) is 4.98 Å². The maximum Gasteiger partial charge on any atom is 0.319 e. The quantitative estimate of drug-likeness (QED) is 0.891. The maximum atomic E-state index is 12.0. The van der Waals surface area contributed by atoms with Crippen molar-refractivity contribution >= 4 is 23.3 Å². The molecular formula is C16H18ClN3O. The van der Waals surface area contributed by atoms with E-state index in [-0.39, 0.29) is 12.1 Å². The largest absolute Gasteiger partial charge is 0.331 e. The molecule has 2 amide bonds. The number of aryl methyl sites for hydroxylation is 2. The highest BCUT2D eigenvalue weighted by atomic mass is 35.5. The normalized spacial score (nSPS) is 11.8. The number of anilines is 1. The first-order chi connectivity index (χ1) is 9.94. The van der Waals surface area contributed by atoms with Gasteiger partial charge < -0.3 is 10.6 Å². The first-order valence-corrected chi connectivity index (χ1v) is 7.10. The van der Waals surface area contributed by atoms with E-state index in [1.54, 1.807) is 0 Å². The monoisotopic (exact) mass is 303 g/mol. The minimum atomic E-state index is -0.248. The summed E-state index contributed by atoms with van der Waals surface area (Å²) in [6, 6.07) is 10.7. The smallest absolute Gasteiger partial charge is 0.319 e. The van der Waals surface area contributed by atoms with Crippen LogP contribution in [0.4, 0.5) is 10.5 Å². The van der Waals surface area contributed by atoms with Crippen molar-refractivity contribution in [1.82, 2.24) is 10.3 Å². The van der Waals surface area contributed by atoms with Crippen molar-refractivity contribution in [3.63, 3.8) is 0 Å². The van der Waals surface area contributed by atoms with Crippen LogP contribution in [0, 0.1) is 13.8 Å². The van der Waals surface area contributed by atoms with Crippen LogP contribution in [-0.4, -0.2) is 11.0 Å². The van der Waals surface area contributed by atoms with Crippen LogP contribution >= 0.6 is 11.6 Å². The molecule has 0 aliphatic heterocycles. The maximum absolute atomic E-state index is 12.0. The fourth-order valence-electron chi connectivity index (χ4n) is 2.11. The lowest BCUT2D eigenvalue weighted by Gasteiger charge is -2.15. The fraction of sp³-hybridized carbons (Fsp3) is 0.250. The molecule has 21 heavy (non-hydrogen) atoms. The molecule has 1 atom stereocenters. The summed E-state index contributed by atoms with van der Waals surface area (Å²) in [5.41, 5.74) is 3.48. The summed E-state index contributed by atoms with van der Waals surface area (Å²) < 4.78 is 0. The van der Waals surface area contributed by atoms with Crippen molar-refractivity contribution in [2.45, 2.75) is 26.8 Å². The number of nitrogens with zero attached hydrogens (tertiary/aromatic N) is 1. The van der Waals surface area contributed by atoms with E-state index in [1.807, 2.05) is 57.2 Å².